The SMILES string of the molecule is Cc1cccc2c(N(CCO)C3CCC3)ncnc12. The van der Waals surface area contributed by atoms with Gasteiger partial charge in [-0.05, 0) is 37.8 Å². The van der Waals surface area contributed by atoms with Crippen LogP contribution in [-0.2, 0) is 0 Å². The summed E-state index contributed by atoms with van der Waals surface area (Å²) in [6.45, 7) is 2.87. The van der Waals surface area contributed by atoms with Gasteiger partial charge in [0.25, 0.3) is 0 Å². The van der Waals surface area contributed by atoms with Gasteiger partial charge in [0.05, 0.1) is 12.1 Å². The number of anilines is 1. The van der Waals surface area contributed by atoms with Crippen molar-refractivity contribution in [2.75, 3.05) is 18.1 Å². The third-order valence-electron chi connectivity index (χ3n) is 3.97. The van der Waals surface area contributed by atoms with E-state index in [4.69, 9.17) is 0 Å². The van der Waals surface area contributed by atoms with E-state index in [2.05, 4.69) is 33.9 Å². The van der Waals surface area contributed by atoms with Crippen LogP contribution in [0.1, 0.15) is 24.8 Å². The average molecular weight is 257 g/mol. The Labute approximate surface area is 113 Å². The maximum atomic E-state index is 9.31. The second-order valence-electron chi connectivity index (χ2n) is 5.17. The number of aliphatic hydroxyl groups excluding tert-OH is 1. The second-order valence-corrected chi connectivity index (χ2v) is 5.17. The lowest BCUT2D eigenvalue weighted by Crippen LogP contribution is -2.42. The van der Waals surface area contributed by atoms with Crippen LogP contribution < -0.4 is 4.90 Å². The molecule has 3 rings (SSSR count). The minimum absolute atomic E-state index is 0.161. The van der Waals surface area contributed by atoms with E-state index in [9.17, 15) is 5.11 Å². The van der Waals surface area contributed by atoms with Crippen LogP contribution in [0.5, 0.6) is 0 Å². The lowest BCUT2D eigenvalue weighted by atomic mass is 9.91. The van der Waals surface area contributed by atoms with Crippen LogP contribution in [0.2, 0.25) is 0 Å². The first kappa shape index (κ1) is 12.4. The van der Waals surface area contributed by atoms with E-state index in [1.54, 1.807) is 6.33 Å². The highest BCUT2D eigenvalue weighted by Gasteiger charge is 2.26. The molecule has 0 bridgehead atoms. The first-order chi connectivity index (χ1) is 9.31. The van der Waals surface area contributed by atoms with Gasteiger partial charge in [-0.2, -0.15) is 0 Å². The van der Waals surface area contributed by atoms with E-state index in [0.29, 0.717) is 12.6 Å². The zero-order chi connectivity index (χ0) is 13.2. The third kappa shape index (κ3) is 2.16. The van der Waals surface area contributed by atoms with Crippen molar-refractivity contribution in [1.29, 1.82) is 0 Å². The lowest BCUT2D eigenvalue weighted by molar-refractivity contribution is 0.283. The normalized spacial score (nSPS) is 15.5. The molecule has 1 aromatic carbocycles. The van der Waals surface area contributed by atoms with Gasteiger partial charge in [0, 0.05) is 18.0 Å². The van der Waals surface area contributed by atoms with Gasteiger partial charge >= 0.3 is 0 Å². The van der Waals surface area contributed by atoms with Gasteiger partial charge < -0.3 is 10.0 Å². The van der Waals surface area contributed by atoms with Crippen LogP contribution in [-0.4, -0.2) is 34.3 Å². The van der Waals surface area contributed by atoms with Crippen molar-refractivity contribution in [2.24, 2.45) is 0 Å². The van der Waals surface area contributed by atoms with Crippen molar-refractivity contribution in [2.45, 2.75) is 32.2 Å². The van der Waals surface area contributed by atoms with E-state index >= 15 is 0 Å². The molecule has 1 aromatic heterocycles. The van der Waals surface area contributed by atoms with Crippen molar-refractivity contribution in [3.8, 4) is 0 Å². The summed E-state index contributed by atoms with van der Waals surface area (Å²) in [7, 11) is 0. The summed E-state index contributed by atoms with van der Waals surface area (Å²) in [6.07, 6.45) is 5.29. The van der Waals surface area contributed by atoms with Crippen molar-refractivity contribution >= 4 is 16.7 Å². The zero-order valence-corrected chi connectivity index (χ0v) is 11.2. The highest BCUT2D eigenvalue weighted by atomic mass is 16.3. The molecule has 4 nitrogen and oxygen atoms in total. The Kier molecular flexibility index (Phi) is 3.34. The Balaban J connectivity index is 2.09. The van der Waals surface area contributed by atoms with Crippen LogP contribution in [0.25, 0.3) is 10.9 Å². The monoisotopic (exact) mass is 257 g/mol. The summed E-state index contributed by atoms with van der Waals surface area (Å²) in [6, 6.07) is 6.70. The minimum Gasteiger partial charge on any atom is -0.395 e. The Morgan fingerprint density at radius 2 is 2.16 bits per heavy atom. The largest absolute Gasteiger partial charge is 0.395 e. The molecule has 0 spiro atoms. The Bertz CT molecular complexity index is 581. The highest BCUT2D eigenvalue weighted by Crippen LogP contribution is 2.32. The van der Waals surface area contributed by atoms with Crippen LogP contribution in [0.3, 0.4) is 0 Å². The summed E-state index contributed by atoms with van der Waals surface area (Å²) in [5.41, 5.74) is 2.17. The van der Waals surface area contributed by atoms with Gasteiger partial charge in [0.1, 0.15) is 12.1 Å². The van der Waals surface area contributed by atoms with Gasteiger partial charge in [-0.25, -0.2) is 9.97 Å². The molecular weight excluding hydrogens is 238 g/mol. The molecule has 1 heterocycles. The van der Waals surface area contributed by atoms with Crippen LogP contribution in [0.15, 0.2) is 24.5 Å². The molecule has 2 aromatic rings. The van der Waals surface area contributed by atoms with Crippen LogP contribution in [0.4, 0.5) is 5.82 Å². The topological polar surface area (TPSA) is 49.2 Å². The molecule has 1 N–H and O–H groups in total. The van der Waals surface area contributed by atoms with Gasteiger partial charge in [-0.15, -0.1) is 0 Å². The van der Waals surface area contributed by atoms with E-state index < -0.39 is 0 Å². The molecule has 1 saturated carbocycles. The second kappa shape index (κ2) is 5.13. The highest BCUT2D eigenvalue weighted by molar-refractivity contribution is 5.91. The third-order valence-corrected chi connectivity index (χ3v) is 3.97. The standard InChI is InChI=1S/C15H19N3O/c1-11-4-2-7-13-14(11)16-10-17-15(13)18(8-9-19)12-5-3-6-12/h2,4,7,10,12,19H,3,5-6,8-9H2,1H3. The van der Waals surface area contributed by atoms with Crippen LogP contribution >= 0.6 is 0 Å². The maximum Gasteiger partial charge on any atom is 0.140 e. The molecule has 0 atom stereocenters. The predicted molar refractivity (Wildman–Crippen MR) is 76.3 cm³/mol. The molecule has 0 saturated heterocycles. The lowest BCUT2D eigenvalue weighted by Gasteiger charge is -2.38. The Morgan fingerprint density at radius 1 is 1.32 bits per heavy atom. The molecule has 19 heavy (non-hydrogen) atoms. The molecule has 0 unspecified atom stereocenters. The molecule has 1 fully saturated rings. The molecule has 0 radical (unpaired) electrons. The predicted octanol–water partition coefficient (Wildman–Crippen LogP) is 2.29. The van der Waals surface area contributed by atoms with E-state index in [-0.39, 0.29) is 6.61 Å². The first-order valence-corrected chi connectivity index (χ1v) is 6.89. The number of aliphatic hydroxyl groups is 1. The summed E-state index contributed by atoms with van der Waals surface area (Å²) in [5.74, 6) is 0.965. The number of hydrogen-bond donors (Lipinski definition) is 1. The summed E-state index contributed by atoms with van der Waals surface area (Å²) in [5, 5.41) is 10.4. The van der Waals surface area contributed by atoms with Gasteiger partial charge in [0.15, 0.2) is 0 Å². The fourth-order valence-electron chi connectivity index (χ4n) is 2.72. The number of rotatable bonds is 4. The average Bonchev–Trinajstić information content (AvgIpc) is 2.36. The van der Waals surface area contributed by atoms with Crippen LogP contribution in [0, 0.1) is 6.92 Å². The quantitative estimate of drug-likeness (QED) is 0.913. The number of hydrogen-bond acceptors (Lipinski definition) is 4. The minimum atomic E-state index is 0.161. The van der Waals surface area contributed by atoms with E-state index in [0.717, 1.165) is 16.7 Å². The fraction of sp³-hybridized carbons (Fsp3) is 0.467. The summed E-state index contributed by atoms with van der Waals surface area (Å²) < 4.78 is 0. The smallest absolute Gasteiger partial charge is 0.140 e. The van der Waals surface area contributed by atoms with Crippen molar-refractivity contribution in [1.82, 2.24) is 9.97 Å². The molecule has 1 aliphatic carbocycles. The van der Waals surface area contributed by atoms with Gasteiger partial charge in [-0.1, -0.05) is 12.1 Å². The van der Waals surface area contributed by atoms with Gasteiger partial charge in [0.2, 0.25) is 0 Å². The van der Waals surface area contributed by atoms with Crippen molar-refractivity contribution in [3.63, 3.8) is 0 Å². The van der Waals surface area contributed by atoms with E-state index in [1.807, 2.05) is 6.07 Å². The zero-order valence-electron chi connectivity index (χ0n) is 11.2. The molecule has 0 aliphatic heterocycles. The summed E-state index contributed by atoms with van der Waals surface area (Å²) in [4.78, 5) is 11.1. The van der Waals surface area contributed by atoms with Gasteiger partial charge in [-0.3, -0.25) is 0 Å². The van der Waals surface area contributed by atoms with Crippen molar-refractivity contribution in [3.05, 3.63) is 30.1 Å². The number of benzene rings is 1. The fourth-order valence-corrected chi connectivity index (χ4v) is 2.72. The molecule has 100 valence electrons. The van der Waals surface area contributed by atoms with Crippen molar-refractivity contribution < 1.29 is 5.11 Å². The Morgan fingerprint density at radius 3 is 2.84 bits per heavy atom. The first-order valence-electron chi connectivity index (χ1n) is 6.89. The molecule has 4 heteroatoms. The number of aryl methyl sites for hydroxylation is 1. The molecule has 1 aliphatic rings. The molecular formula is C15H19N3O. The number of aromatic nitrogens is 2. The Hall–Kier alpha value is -1.68. The maximum absolute atomic E-state index is 9.31. The number of nitrogens with zero attached hydrogens (tertiary/aromatic N) is 3. The number of para-hydroxylation sites is 1. The summed E-state index contributed by atoms with van der Waals surface area (Å²) >= 11 is 0. The molecule has 0 amide bonds. The van der Waals surface area contributed by atoms with E-state index in [1.165, 1.54) is 24.8 Å². The number of fused-ring (bicyclic) bond motifs is 1.